The van der Waals surface area contributed by atoms with E-state index in [4.69, 9.17) is 0 Å². The predicted octanol–water partition coefficient (Wildman–Crippen LogP) is 3.95. The van der Waals surface area contributed by atoms with Crippen molar-refractivity contribution in [3.63, 3.8) is 0 Å². The van der Waals surface area contributed by atoms with Crippen molar-refractivity contribution in [2.45, 2.75) is 51.9 Å². The quantitative estimate of drug-likeness (QED) is 0.567. The first-order chi connectivity index (χ1) is 13.1. The van der Waals surface area contributed by atoms with Crippen molar-refractivity contribution in [2.24, 2.45) is 0 Å². The molecule has 0 spiro atoms. The third kappa shape index (κ3) is 7.82. The molecular formula is C19H25FN4O2S. The van der Waals surface area contributed by atoms with Crippen LogP contribution in [0.25, 0.3) is 0 Å². The molecule has 0 aliphatic heterocycles. The molecule has 2 amide bonds. The second kappa shape index (κ2) is 11.4. The number of benzene rings is 1. The van der Waals surface area contributed by atoms with Crippen molar-refractivity contribution in [3.05, 3.63) is 40.7 Å². The molecule has 8 heteroatoms. The number of anilines is 1. The zero-order valence-electron chi connectivity index (χ0n) is 15.5. The summed E-state index contributed by atoms with van der Waals surface area (Å²) in [6.45, 7) is 1.98. The van der Waals surface area contributed by atoms with Gasteiger partial charge in [0.1, 0.15) is 10.8 Å². The number of aryl methyl sites for hydroxylation is 1. The Hall–Kier alpha value is -2.35. The van der Waals surface area contributed by atoms with Crippen LogP contribution < -0.4 is 10.6 Å². The van der Waals surface area contributed by atoms with Gasteiger partial charge < -0.3 is 5.32 Å². The molecule has 0 radical (unpaired) electrons. The standard InChI is InChI=1S/C19H25FN4O2S/c1-2-3-4-5-6-7-11-17-23-24-19(27-17)22-16(25)13-21-18(26)14-9-8-10-15(20)12-14/h8-10,12H,2-7,11,13H2,1H3,(H,21,26)(H,22,24,25). The predicted molar refractivity (Wildman–Crippen MR) is 104 cm³/mol. The van der Waals surface area contributed by atoms with E-state index in [1.807, 2.05) is 0 Å². The molecule has 146 valence electrons. The van der Waals surface area contributed by atoms with E-state index in [0.29, 0.717) is 5.13 Å². The smallest absolute Gasteiger partial charge is 0.251 e. The number of unbranched alkanes of at least 4 members (excludes halogenated alkanes) is 5. The molecule has 0 fully saturated rings. The number of aromatic nitrogens is 2. The lowest BCUT2D eigenvalue weighted by molar-refractivity contribution is -0.115. The number of carbonyl (C=O) groups excluding carboxylic acids is 2. The van der Waals surface area contributed by atoms with Crippen LogP contribution in [0.3, 0.4) is 0 Å². The molecule has 0 saturated heterocycles. The third-order valence-corrected chi connectivity index (χ3v) is 4.85. The number of hydrogen-bond donors (Lipinski definition) is 2. The Labute approximate surface area is 162 Å². The minimum absolute atomic E-state index is 0.167. The maximum Gasteiger partial charge on any atom is 0.251 e. The van der Waals surface area contributed by atoms with Gasteiger partial charge >= 0.3 is 0 Å². The van der Waals surface area contributed by atoms with Crippen molar-refractivity contribution in [2.75, 3.05) is 11.9 Å². The first-order valence-corrected chi connectivity index (χ1v) is 10.1. The SMILES string of the molecule is CCCCCCCCc1nnc(NC(=O)CNC(=O)c2cccc(F)c2)s1. The Balaban J connectivity index is 1.68. The molecule has 2 rings (SSSR count). The van der Waals surface area contributed by atoms with Gasteiger partial charge in [0.15, 0.2) is 0 Å². The number of rotatable bonds is 11. The zero-order valence-corrected chi connectivity index (χ0v) is 16.3. The van der Waals surface area contributed by atoms with Crippen LogP contribution in [0.2, 0.25) is 0 Å². The third-order valence-electron chi connectivity index (χ3n) is 3.95. The van der Waals surface area contributed by atoms with Gasteiger partial charge in [-0.15, -0.1) is 10.2 Å². The van der Waals surface area contributed by atoms with Crippen LogP contribution in [0.5, 0.6) is 0 Å². The highest BCUT2D eigenvalue weighted by Crippen LogP contribution is 2.18. The first kappa shape index (κ1) is 21.0. The van der Waals surface area contributed by atoms with Crippen LogP contribution in [-0.2, 0) is 11.2 Å². The van der Waals surface area contributed by atoms with E-state index in [1.165, 1.54) is 61.6 Å². The molecular weight excluding hydrogens is 367 g/mol. The lowest BCUT2D eigenvalue weighted by Crippen LogP contribution is -2.32. The Kier molecular flexibility index (Phi) is 8.83. The summed E-state index contributed by atoms with van der Waals surface area (Å²) in [5, 5.41) is 14.4. The van der Waals surface area contributed by atoms with E-state index >= 15 is 0 Å². The maximum atomic E-state index is 13.1. The Bertz CT molecular complexity index is 751. The van der Waals surface area contributed by atoms with Crippen LogP contribution in [0.15, 0.2) is 24.3 Å². The molecule has 0 bridgehead atoms. The first-order valence-electron chi connectivity index (χ1n) is 9.24. The molecule has 0 aliphatic rings. The van der Waals surface area contributed by atoms with Gasteiger partial charge in [-0.25, -0.2) is 4.39 Å². The molecule has 0 unspecified atom stereocenters. The van der Waals surface area contributed by atoms with Crippen LogP contribution in [-0.4, -0.2) is 28.6 Å². The van der Waals surface area contributed by atoms with Crippen LogP contribution in [0.4, 0.5) is 9.52 Å². The molecule has 1 aromatic carbocycles. The molecule has 6 nitrogen and oxygen atoms in total. The van der Waals surface area contributed by atoms with E-state index < -0.39 is 17.6 Å². The van der Waals surface area contributed by atoms with Gasteiger partial charge in [-0.3, -0.25) is 14.9 Å². The second-order valence-corrected chi connectivity index (χ2v) is 7.32. The minimum atomic E-state index is -0.509. The highest BCUT2D eigenvalue weighted by atomic mass is 32.1. The fraction of sp³-hybridized carbons (Fsp3) is 0.474. The molecule has 0 aliphatic carbocycles. The summed E-state index contributed by atoms with van der Waals surface area (Å²) in [6, 6.07) is 5.29. The molecule has 2 N–H and O–H groups in total. The van der Waals surface area contributed by atoms with E-state index in [-0.39, 0.29) is 12.1 Å². The summed E-state index contributed by atoms with van der Waals surface area (Å²) < 4.78 is 13.1. The second-order valence-electron chi connectivity index (χ2n) is 6.26. The largest absolute Gasteiger partial charge is 0.343 e. The molecule has 2 aromatic rings. The summed E-state index contributed by atoms with van der Waals surface area (Å²) in [5.41, 5.74) is 0.167. The fourth-order valence-corrected chi connectivity index (χ4v) is 3.32. The number of nitrogens with one attached hydrogen (secondary N) is 2. The van der Waals surface area contributed by atoms with Crippen LogP contribution >= 0.6 is 11.3 Å². The number of carbonyl (C=O) groups is 2. The van der Waals surface area contributed by atoms with Gasteiger partial charge in [0, 0.05) is 12.0 Å². The van der Waals surface area contributed by atoms with Gasteiger partial charge in [-0.2, -0.15) is 0 Å². The lowest BCUT2D eigenvalue weighted by atomic mass is 10.1. The molecule has 1 heterocycles. The summed E-state index contributed by atoms with van der Waals surface area (Å²) in [4.78, 5) is 23.8. The average molecular weight is 393 g/mol. The zero-order chi connectivity index (χ0) is 19.5. The fourth-order valence-electron chi connectivity index (χ4n) is 2.52. The summed E-state index contributed by atoms with van der Waals surface area (Å²) in [7, 11) is 0. The highest BCUT2D eigenvalue weighted by molar-refractivity contribution is 7.15. The van der Waals surface area contributed by atoms with E-state index in [2.05, 4.69) is 27.8 Å². The van der Waals surface area contributed by atoms with E-state index in [0.717, 1.165) is 23.9 Å². The minimum Gasteiger partial charge on any atom is -0.343 e. The average Bonchev–Trinajstić information content (AvgIpc) is 3.09. The Morgan fingerprint density at radius 3 is 2.67 bits per heavy atom. The van der Waals surface area contributed by atoms with Crippen molar-refractivity contribution in [1.82, 2.24) is 15.5 Å². The molecule has 27 heavy (non-hydrogen) atoms. The summed E-state index contributed by atoms with van der Waals surface area (Å²) >= 11 is 1.35. The number of amides is 2. The molecule has 0 saturated carbocycles. The van der Waals surface area contributed by atoms with E-state index in [1.54, 1.807) is 0 Å². The Morgan fingerprint density at radius 1 is 1.11 bits per heavy atom. The summed E-state index contributed by atoms with van der Waals surface area (Å²) in [5.74, 6) is -1.41. The van der Waals surface area contributed by atoms with Crippen LogP contribution in [0, 0.1) is 5.82 Å². The van der Waals surface area contributed by atoms with Crippen molar-refractivity contribution in [3.8, 4) is 0 Å². The molecule has 0 atom stereocenters. The maximum absolute atomic E-state index is 13.1. The van der Waals surface area contributed by atoms with Gasteiger partial charge in [-0.1, -0.05) is 56.4 Å². The van der Waals surface area contributed by atoms with Gasteiger partial charge in [-0.05, 0) is 24.6 Å². The van der Waals surface area contributed by atoms with Gasteiger partial charge in [0.2, 0.25) is 11.0 Å². The number of nitrogens with zero attached hydrogens (tertiary/aromatic N) is 2. The lowest BCUT2D eigenvalue weighted by Gasteiger charge is -2.04. The normalized spacial score (nSPS) is 10.6. The van der Waals surface area contributed by atoms with E-state index in [9.17, 15) is 14.0 Å². The van der Waals surface area contributed by atoms with Gasteiger partial charge in [0.05, 0.1) is 6.54 Å². The number of halogens is 1. The topological polar surface area (TPSA) is 84.0 Å². The monoisotopic (exact) mass is 392 g/mol. The van der Waals surface area contributed by atoms with Gasteiger partial charge in [0.25, 0.3) is 5.91 Å². The highest BCUT2D eigenvalue weighted by Gasteiger charge is 2.11. The van der Waals surface area contributed by atoms with Crippen molar-refractivity contribution < 1.29 is 14.0 Å². The van der Waals surface area contributed by atoms with Crippen LogP contribution in [0.1, 0.15) is 60.8 Å². The van der Waals surface area contributed by atoms with Crippen molar-refractivity contribution >= 4 is 28.3 Å². The molecule has 1 aromatic heterocycles. The Morgan fingerprint density at radius 2 is 1.89 bits per heavy atom. The number of hydrogen-bond acceptors (Lipinski definition) is 5. The summed E-state index contributed by atoms with van der Waals surface area (Å²) in [6.07, 6.45) is 8.13. The van der Waals surface area contributed by atoms with Crippen molar-refractivity contribution in [1.29, 1.82) is 0 Å².